The second-order valence-corrected chi connectivity index (χ2v) is 6.49. The Balaban J connectivity index is 2.69. The van der Waals surface area contributed by atoms with Crippen molar-refractivity contribution >= 4 is 0 Å². The molecule has 0 saturated carbocycles. The van der Waals surface area contributed by atoms with Crippen LogP contribution in [0.3, 0.4) is 0 Å². The van der Waals surface area contributed by atoms with Gasteiger partial charge in [0.1, 0.15) is 0 Å². The van der Waals surface area contributed by atoms with Crippen molar-refractivity contribution in [2.75, 3.05) is 0 Å². The topological polar surface area (TPSA) is 12.0 Å². The minimum atomic E-state index is 0.490. The van der Waals surface area contributed by atoms with Crippen molar-refractivity contribution in [1.29, 1.82) is 0 Å². The monoisotopic (exact) mass is 261 g/mol. The lowest BCUT2D eigenvalue weighted by molar-refractivity contribution is 0.324. The average Bonchev–Trinajstić information content (AvgIpc) is 2.35. The van der Waals surface area contributed by atoms with E-state index < -0.39 is 0 Å². The first kappa shape index (κ1) is 16.2. The lowest BCUT2D eigenvalue weighted by Gasteiger charge is -2.28. The van der Waals surface area contributed by atoms with Gasteiger partial charge in [-0.05, 0) is 36.7 Å². The smallest absolute Gasteiger partial charge is 0.0320 e. The molecule has 0 fully saturated rings. The second-order valence-electron chi connectivity index (χ2n) is 6.49. The SMILES string of the molecule is CCC(NC(CC(C)C)CC(C)C)c1ccccc1. The third-order valence-corrected chi connectivity index (χ3v) is 3.56. The Bertz CT molecular complexity index is 319. The molecule has 0 saturated heterocycles. The van der Waals surface area contributed by atoms with Crippen molar-refractivity contribution in [3.63, 3.8) is 0 Å². The average molecular weight is 261 g/mol. The minimum absolute atomic E-state index is 0.490. The maximum atomic E-state index is 3.88. The molecule has 0 bridgehead atoms. The predicted molar refractivity (Wildman–Crippen MR) is 85.3 cm³/mol. The number of hydrogen-bond donors (Lipinski definition) is 1. The lowest BCUT2D eigenvalue weighted by atomic mass is 9.93. The van der Waals surface area contributed by atoms with Crippen LogP contribution >= 0.6 is 0 Å². The summed E-state index contributed by atoms with van der Waals surface area (Å²) in [5.41, 5.74) is 1.42. The van der Waals surface area contributed by atoms with Crippen LogP contribution in [0.2, 0.25) is 0 Å². The summed E-state index contributed by atoms with van der Waals surface area (Å²) < 4.78 is 0. The normalized spacial score (nSPS) is 13.5. The van der Waals surface area contributed by atoms with E-state index in [9.17, 15) is 0 Å². The summed E-state index contributed by atoms with van der Waals surface area (Å²) in [6, 6.07) is 12.0. The third-order valence-electron chi connectivity index (χ3n) is 3.56. The van der Waals surface area contributed by atoms with Gasteiger partial charge in [0.15, 0.2) is 0 Å². The van der Waals surface area contributed by atoms with Crippen LogP contribution in [0.1, 0.15) is 65.5 Å². The van der Waals surface area contributed by atoms with Crippen molar-refractivity contribution in [2.45, 2.75) is 66.0 Å². The zero-order valence-corrected chi connectivity index (χ0v) is 13.3. The van der Waals surface area contributed by atoms with Crippen LogP contribution in [-0.2, 0) is 0 Å². The Labute approximate surface area is 119 Å². The molecule has 1 nitrogen and oxygen atoms in total. The van der Waals surface area contributed by atoms with Gasteiger partial charge in [-0.3, -0.25) is 0 Å². The van der Waals surface area contributed by atoms with Crippen molar-refractivity contribution in [3.8, 4) is 0 Å². The standard InChI is InChI=1S/C18H31N/c1-6-18(16-10-8-7-9-11-16)19-17(12-14(2)3)13-15(4)5/h7-11,14-15,17-19H,6,12-13H2,1-5H3. The molecule has 1 heteroatoms. The summed E-state index contributed by atoms with van der Waals surface area (Å²) >= 11 is 0. The van der Waals surface area contributed by atoms with E-state index >= 15 is 0 Å². The summed E-state index contributed by atoms with van der Waals surface area (Å²) in [6.45, 7) is 11.5. The zero-order chi connectivity index (χ0) is 14.3. The maximum Gasteiger partial charge on any atom is 0.0320 e. The van der Waals surface area contributed by atoms with Crippen molar-refractivity contribution < 1.29 is 0 Å². The maximum absolute atomic E-state index is 3.88. The van der Waals surface area contributed by atoms with Gasteiger partial charge in [-0.1, -0.05) is 65.0 Å². The van der Waals surface area contributed by atoms with E-state index in [2.05, 4.69) is 70.3 Å². The summed E-state index contributed by atoms with van der Waals surface area (Å²) in [4.78, 5) is 0. The molecule has 0 aliphatic rings. The van der Waals surface area contributed by atoms with E-state index in [-0.39, 0.29) is 0 Å². The number of rotatable bonds is 8. The van der Waals surface area contributed by atoms with Gasteiger partial charge in [0.2, 0.25) is 0 Å². The summed E-state index contributed by atoms with van der Waals surface area (Å²) in [5, 5.41) is 3.88. The molecule has 1 N–H and O–H groups in total. The molecule has 0 aliphatic heterocycles. The highest BCUT2D eigenvalue weighted by Crippen LogP contribution is 2.21. The van der Waals surface area contributed by atoms with Crippen LogP contribution in [0.15, 0.2) is 30.3 Å². The van der Waals surface area contributed by atoms with Crippen LogP contribution in [0.25, 0.3) is 0 Å². The molecule has 1 aromatic carbocycles. The molecule has 1 aromatic rings. The highest BCUT2D eigenvalue weighted by molar-refractivity contribution is 5.18. The van der Waals surface area contributed by atoms with Gasteiger partial charge in [-0.25, -0.2) is 0 Å². The Hall–Kier alpha value is -0.820. The summed E-state index contributed by atoms with van der Waals surface area (Å²) in [5.74, 6) is 1.51. The molecule has 1 rings (SSSR count). The number of benzene rings is 1. The van der Waals surface area contributed by atoms with Gasteiger partial charge in [-0.2, -0.15) is 0 Å². The molecule has 1 unspecified atom stereocenters. The van der Waals surface area contributed by atoms with Crippen LogP contribution in [0, 0.1) is 11.8 Å². The molecule has 1 atom stereocenters. The Morgan fingerprint density at radius 3 is 1.84 bits per heavy atom. The lowest BCUT2D eigenvalue weighted by Crippen LogP contribution is -2.34. The van der Waals surface area contributed by atoms with Crippen molar-refractivity contribution in [1.82, 2.24) is 5.32 Å². The molecule has 0 amide bonds. The first-order chi connectivity index (χ1) is 9.02. The van der Waals surface area contributed by atoms with E-state index in [4.69, 9.17) is 0 Å². The van der Waals surface area contributed by atoms with Crippen LogP contribution in [-0.4, -0.2) is 6.04 Å². The van der Waals surface area contributed by atoms with Gasteiger partial charge in [-0.15, -0.1) is 0 Å². The van der Waals surface area contributed by atoms with Crippen LogP contribution < -0.4 is 5.32 Å². The Kier molecular flexibility index (Phi) is 7.15. The first-order valence-electron chi connectivity index (χ1n) is 7.83. The van der Waals surface area contributed by atoms with Crippen LogP contribution in [0.4, 0.5) is 0 Å². The fourth-order valence-electron chi connectivity index (χ4n) is 2.79. The molecule has 0 radical (unpaired) electrons. The molecule has 0 spiro atoms. The molecule has 0 heterocycles. The predicted octanol–water partition coefficient (Wildman–Crippen LogP) is 5.19. The fourth-order valence-corrected chi connectivity index (χ4v) is 2.79. The highest BCUT2D eigenvalue weighted by atomic mass is 14.9. The van der Waals surface area contributed by atoms with Crippen LogP contribution in [0.5, 0.6) is 0 Å². The van der Waals surface area contributed by atoms with Gasteiger partial charge < -0.3 is 5.32 Å². The van der Waals surface area contributed by atoms with Crippen molar-refractivity contribution in [2.24, 2.45) is 11.8 Å². The molecule has 0 aliphatic carbocycles. The van der Waals surface area contributed by atoms with Gasteiger partial charge in [0, 0.05) is 12.1 Å². The van der Waals surface area contributed by atoms with E-state index in [1.807, 2.05) is 0 Å². The molecular formula is C18H31N. The summed E-state index contributed by atoms with van der Waals surface area (Å²) in [6.07, 6.45) is 3.68. The minimum Gasteiger partial charge on any atom is -0.307 e. The van der Waals surface area contributed by atoms with E-state index in [0.717, 1.165) is 18.3 Å². The fraction of sp³-hybridized carbons (Fsp3) is 0.667. The molecule has 108 valence electrons. The van der Waals surface area contributed by atoms with E-state index in [0.29, 0.717) is 12.1 Å². The second kappa shape index (κ2) is 8.37. The van der Waals surface area contributed by atoms with Gasteiger partial charge in [0.05, 0.1) is 0 Å². The quantitative estimate of drug-likeness (QED) is 0.679. The largest absolute Gasteiger partial charge is 0.307 e. The number of hydrogen-bond acceptors (Lipinski definition) is 1. The Morgan fingerprint density at radius 2 is 1.42 bits per heavy atom. The highest BCUT2D eigenvalue weighted by Gasteiger charge is 2.17. The molecule has 0 aromatic heterocycles. The van der Waals surface area contributed by atoms with Gasteiger partial charge in [0.25, 0.3) is 0 Å². The zero-order valence-electron chi connectivity index (χ0n) is 13.3. The first-order valence-corrected chi connectivity index (χ1v) is 7.83. The summed E-state index contributed by atoms with van der Waals surface area (Å²) in [7, 11) is 0. The third kappa shape index (κ3) is 6.24. The molecular weight excluding hydrogens is 230 g/mol. The van der Waals surface area contributed by atoms with E-state index in [1.165, 1.54) is 18.4 Å². The van der Waals surface area contributed by atoms with Crippen molar-refractivity contribution in [3.05, 3.63) is 35.9 Å². The number of nitrogens with one attached hydrogen (secondary N) is 1. The van der Waals surface area contributed by atoms with Gasteiger partial charge >= 0.3 is 0 Å². The molecule has 19 heavy (non-hydrogen) atoms. The van der Waals surface area contributed by atoms with E-state index in [1.54, 1.807) is 0 Å². The Morgan fingerprint density at radius 1 is 0.895 bits per heavy atom.